The molecule has 730 valence electrons. The number of carbonyl (C=O) groups excluding carboxylic acids is 10. The Morgan fingerprint density at radius 1 is 0.184 bits per heavy atom. The lowest BCUT2D eigenvalue weighted by molar-refractivity contribution is -0.460. The molecule has 30 N–H and O–H groups in total. The summed E-state index contributed by atoms with van der Waals surface area (Å²) in [6.45, 7) is 23.8. The van der Waals surface area contributed by atoms with Crippen LogP contribution < -0.4 is 109 Å². The molecule has 0 rings (SSSR count). The molecule has 5 amide bonds. The second-order valence-electron chi connectivity index (χ2n) is 33.6. The monoisotopic (exact) mass is 1780 g/mol. The molecule has 0 fully saturated rings. The van der Waals surface area contributed by atoms with E-state index in [0.717, 1.165) is 122 Å². The topological polar surface area (TPSA) is 561 Å². The van der Waals surface area contributed by atoms with Crippen molar-refractivity contribution in [1.82, 2.24) is 26.6 Å². The molecule has 0 aliphatic heterocycles. The van der Waals surface area contributed by atoms with Crippen molar-refractivity contribution >= 4 is 88.2 Å². The third-order valence-corrected chi connectivity index (χ3v) is 21.4. The van der Waals surface area contributed by atoms with E-state index >= 15 is 0 Å². The highest BCUT2D eigenvalue weighted by Gasteiger charge is 2.25. The van der Waals surface area contributed by atoms with Gasteiger partial charge in [-0.05, 0) is 116 Å². The maximum Gasteiger partial charge on any atom is 0.338 e. The Hall–Kier alpha value is -7.95. The van der Waals surface area contributed by atoms with Crippen molar-refractivity contribution in [3.05, 3.63) is 0 Å². The molecule has 5 atom stereocenters. The lowest BCUT2D eigenvalue weighted by Crippen LogP contribution is -2.78. The summed E-state index contributed by atoms with van der Waals surface area (Å²) < 4.78 is 0. The SMILES string of the molecule is CCCCCCCC(=O)NC(CCC[NH+]=C(N)N)C(=O)CC.CCCCCCCC(=O)NC(CCC[NH+]=C(N)N)C(=O)CCC.CCCCCCCC(=O)NC(CCC[NH+]=C(N)N)C(=O)CCCCCCC.CCCCCCCCCCCC(=O)NC(CCC[NH+]=C(N)N)C(=O)CC.CCCCCCCCCCCC(=O)NC(CCC[NH+]=C(N)N)C(=O)CCC. The van der Waals surface area contributed by atoms with Gasteiger partial charge in [0.25, 0.3) is 0 Å². The first kappa shape index (κ1) is 126. The second-order valence-corrected chi connectivity index (χ2v) is 33.6. The molecular formula is C95H195N20O10+5. The van der Waals surface area contributed by atoms with Gasteiger partial charge in [-0.1, -0.05) is 275 Å². The molecule has 0 aromatic heterocycles. The van der Waals surface area contributed by atoms with E-state index in [1.807, 2.05) is 27.7 Å². The van der Waals surface area contributed by atoms with Crippen molar-refractivity contribution in [1.29, 1.82) is 0 Å². The van der Waals surface area contributed by atoms with Crippen LogP contribution in [0.3, 0.4) is 0 Å². The zero-order chi connectivity index (χ0) is 94.6. The van der Waals surface area contributed by atoms with E-state index in [-0.39, 0.29) is 100 Å². The first-order chi connectivity index (χ1) is 60.0. The van der Waals surface area contributed by atoms with Gasteiger partial charge in [0.2, 0.25) is 29.5 Å². The van der Waals surface area contributed by atoms with Crippen molar-refractivity contribution in [3.8, 4) is 0 Å². The van der Waals surface area contributed by atoms with Gasteiger partial charge in [-0.2, -0.15) is 0 Å². The fourth-order valence-corrected chi connectivity index (χ4v) is 13.9. The van der Waals surface area contributed by atoms with E-state index in [0.29, 0.717) is 129 Å². The number of hydrogen-bond acceptors (Lipinski definition) is 10. The van der Waals surface area contributed by atoms with Gasteiger partial charge in [0.1, 0.15) is 0 Å². The van der Waals surface area contributed by atoms with Crippen LogP contribution in [0.4, 0.5) is 0 Å². The van der Waals surface area contributed by atoms with Gasteiger partial charge < -0.3 is 26.6 Å². The van der Waals surface area contributed by atoms with E-state index in [4.69, 9.17) is 57.3 Å². The summed E-state index contributed by atoms with van der Waals surface area (Å²) in [7, 11) is 0. The number of amides is 5. The maximum atomic E-state index is 12.6. The summed E-state index contributed by atoms with van der Waals surface area (Å²) in [5, 5.41) is 14.5. The predicted molar refractivity (Wildman–Crippen MR) is 515 cm³/mol. The minimum atomic E-state index is -0.396. The standard InChI is InChI=1S/2C21H42N4O2.C20H40N4O2.C17H34N4O2.C16H32N4O2/c1-3-5-6-7-8-9-10-11-12-16-20(27)25-18(19(26)14-4-2)15-13-17-24-21(22)23;1-3-5-7-9-11-15-19(26)18(14-13-17-24-21(22)23)25-20(27)16-12-10-8-6-4-2;1-3-5-6-7-8-9-10-11-12-15-19(26)24-17(18(25)4-2)14-13-16-23-20(21)22;1-3-5-6-7-8-12-16(23)21-14(15(22)10-4-2)11-9-13-20-17(18)19;1-3-5-6-7-8-11-15(22)20-13(14(21)4-2)10-9-12-19-16(17)18/h2*18H,3-17H2,1-2H3,(H,25,27)(H4,22,23,24);17H,3-16H2,1-2H3,(H,24,26)(H4,21,22,23);14H,3-13H2,1-2H3,(H,21,23)(H4,18,19,20);13H,3-12H2,1-2H3,(H,20,22)(H4,17,18,19)/p+5. The Balaban J connectivity index is -0.000000481. The molecule has 0 radical (unpaired) electrons. The summed E-state index contributed by atoms with van der Waals surface area (Å²) in [6, 6.07) is -1.96. The largest absolute Gasteiger partial charge is 0.346 e. The number of nitrogens with two attached hydrogens (primary N) is 10. The summed E-state index contributed by atoms with van der Waals surface area (Å²) in [5.41, 5.74) is 53.5. The number of ketones is 5. The quantitative estimate of drug-likeness (QED) is 0.0201. The van der Waals surface area contributed by atoms with Crippen LogP contribution in [0.5, 0.6) is 0 Å². The Kier molecular flexibility index (Phi) is 95.6. The minimum Gasteiger partial charge on any atom is -0.346 e. The summed E-state index contributed by atoms with van der Waals surface area (Å²) in [5.74, 6) is 1.34. The Labute approximate surface area is 758 Å². The minimum absolute atomic E-state index is 0.00584. The highest BCUT2D eigenvalue weighted by atomic mass is 16.2. The van der Waals surface area contributed by atoms with Crippen molar-refractivity contribution in [2.75, 3.05) is 32.7 Å². The normalized spacial score (nSPS) is 11.8. The van der Waals surface area contributed by atoms with Crippen LogP contribution in [0, 0.1) is 0 Å². The lowest BCUT2D eigenvalue weighted by Gasteiger charge is -2.17. The molecule has 0 bridgehead atoms. The van der Waals surface area contributed by atoms with Gasteiger partial charge in [-0.3, -0.25) is 130 Å². The number of carbonyl (C=O) groups is 10. The summed E-state index contributed by atoms with van der Waals surface area (Å²) in [4.78, 5) is 135. The molecule has 5 unspecified atom stereocenters. The van der Waals surface area contributed by atoms with Crippen LogP contribution in [0.1, 0.15) is 454 Å². The highest BCUT2D eigenvalue weighted by molar-refractivity contribution is 5.91. The van der Waals surface area contributed by atoms with Crippen LogP contribution >= 0.6 is 0 Å². The summed E-state index contributed by atoms with van der Waals surface area (Å²) >= 11 is 0. The van der Waals surface area contributed by atoms with Crippen LogP contribution in [0.15, 0.2) is 0 Å². The lowest BCUT2D eigenvalue weighted by atomic mass is 10.0. The van der Waals surface area contributed by atoms with Gasteiger partial charge in [-0.15, -0.1) is 0 Å². The Bertz CT molecular complexity index is 2820. The Morgan fingerprint density at radius 3 is 0.496 bits per heavy atom. The first-order valence-electron chi connectivity index (χ1n) is 49.7. The number of Topliss-reactive ketones (excluding diaryl/α,β-unsaturated/α-hetero) is 5. The zero-order valence-electron chi connectivity index (χ0n) is 81.2. The fourth-order valence-electron chi connectivity index (χ4n) is 13.9. The number of unbranched alkanes of at least 4 members (excludes halogenated alkanes) is 32. The molecule has 0 aliphatic carbocycles. The van der Waals surface area contributed by atoms with E-state index in [9.17, 15) is 47.9 Å². The van der Waals surface area contributed by atoms with Crippen molar-refractivity contribution in [3.63, 3.8) is 0 Å². The first-order valence-corrected chi connectivity index (χ1v) is 49.7. The third-order valence-electron chi connectivity index (χ3n) is 21.4. The molecule has 0 spiro atoms. The van der Waals surface area contributed by atoms with Crippen LogP contribution in [-0.2, 0) is 47.9 Å². The van der Waals surface area contributed by atoms with E-state index in [2.05, 4.69) is 93.1 Å². The predicted octanol–water partition coefficient (Wildman–Crippen LogP) is 5.58. The molecule has 30 heteroatoms. The molecular weight excluding hydrogens is 1580 g/mol. The molecule has 30 nitrogen and oxygen atoms in total. The molecule has 0 heterocycles. The van der Waals surface area contributed by atoms with Crippen LogP contribution in [-0.4, -0.2) is 151 Å². The van der Waals surface area contributed by atoms with Crippen LogP contribution in [0.25, 0.3) is 0 Å². The average molecular weight is 1780 g/mol. The molecule has 0 aliphatic rings. The zero-order valence-corrected chi connectivity index (χ0v) is 81.2. The number of rotatable bonds is 80. The van der Waals surface area contributed by atoms with E-state index in [1.54, 1.807) is 0 Å². The van der Waals surface area contributed by atoms with Gasteiger partial charge >= 0.3 is 29.8 Å². The highest BCUT2D eigenvalue weighted by Crippen LogP contribution is 2.16. The molecule has 0 saturated heterocycles. The van der Waals surface area contributed by atoms with Gasteiger partial charge in [0.05, 0.1) is 62.9 Å². The number of hydrogen-bond donors (Lipinski definition) is 20. The maximum absolute atomic E-state index is 12.6. The molecule has 0 saturated carbocycles. The van der Waals surface area contributed by atoms with Gasteiger partial charge in [0, 0.05) is 64.2 Å². The van der Waals surface area contributed by atoms with E-state index in [1.165, 1.54) is 167 Å². The molecule has 0 aromatic rings. The third kappa shape index (κ3) is 93.5. The molecule has 0 aromatic carbocycles. The smallest absolute Gasteiger partial charge is 0.338 e. The fraction of sp³-hybridized carbons (Fsp3) is 0.842. The molecule has 125 heavy (non-hydrogen) atoms. The van der Waals surface area contributed by atoms with Crippen molar-refractivity contribution < 1.29 is 72.9 Å². The number of guanidine groups is 5. The average Bonchev–Trinajstić information content (AvgIpc) is 0.959. The van der Waals surface area contributed by atoms with E-state index < -0.39 is 18.1 Å². The number of nitrogens with one attached hydrogen (secondary N) is 10. The second kappa shape index (κ2) is 95.2. The van der Waals surface area contributed by atoms with Crippen molar-refractivity contribution in [2.45, 2.75) is 485 Å². The summed E-state index contributed by atoms with van der Waals surface area (Å²) in [6.07, 6.45) is 57.5. The van der Waals surface area contributed by atoms with Crippen molar-refractivity contribution in [2.24, 2.45) is 57.3 Å². The van der Waals surface area contributed by atoms with Crippen LogP contribution in [0.2, 0.25) is 0 Å². The van der Waals surface area contributed by atoms with Gasteiger partial charge in [-0.25, -0.2) is 0 Å². The Morgan fingerprint density at radius 2 is 0.336 bits per heavy atom. The van der Waals surface area contributed by atoms with Gasteiger partial charge in [0.15, 0.2) is 28.9 Å².